The molecule has 2 heterocycles. The van der Waals surface area contributed by atoms with Crippen molar-refractivity contribution in [2.75, 3.05) is 34.2 Å². The van der Waals surface area contributed by atoms with Crippen molar-refractivity contribution in [1.82, 2.24) is 14.8 Å². The number of ether oxygens (including phenoxy) is 3. The molecule has 0 radical (unpaired) electrons. The van der Waals surface area contributed by atoms with E-state index < -0.39 is 23.3 Å². The Morgan fingerprint density at radius 1 is 1.00 bits per heavy atom. The average molecular weight is 726 g/mol. The molecule has 13 heteroatoms. The predicted octanol–water partition coefficient (Wildman–Crippen LogP) is 8.59. The van der Waals surface area contributed by atoms with Gasteiger partial charge in [0.05, 0.1) is 40.5 Å². The lowest BCUT2D eigenvalue weighted by atomic mass is 10.1. The number of hydrogen-bond acceptors (Lipinski definition) is 9. The highest BCUT2D eigenvalue weighted by Gasteiger charge is 2.26. The number of pyridine rings is 1. The molecule has 51 heavy (non-hydrogen) atoms. The van der Waals surface area contributed by atoms with Crippen molar-refractivity contribution < 1.29 is 27.8 Å². The zero-order valence-corrected chi connectivity index (χ0v) is 29.3. The van der Waals surface area contributed by atoms with Gasteiger partial charge in [-0.3, -0.25) is 9.79 Å². The molecule has 1 aliphatic rings. The second kappa shape index (κ2) is 15.5. The molecule has 0 fully saturated rings. The van der Waals surface area contributed by atoms with E-state index in [0.717, 1.165) is 11.8 Å². The summed E-state index contributed by atoms with van der Waals surface area (Å²) in [7, 11) is 5.15. The molecule has 0 spiro atoms. The van der Waals surface area contributed by atoms with Gasteiger partial charge in [0, 0.05) is 43.5 Å². The van der Waals surface area contributed by atoms with Crippen LogP contribution in [0, 0.1) is 23.0 Å². The van der Waals surface area contributed by atoms with E-state index in [1.807, 2.05) is 48.3 Å². The second-order valence-corrected chi connectivity index (χ2v) is 13.0. The van der Waals surface area contributed by atoms with Crippen LogP contribution in [-0.4, -0.2) is 60.8 Å². The summed E-state index contributed by atoms with van der Waals surface area (Å²) < 4.78 is 49.1. The third kappa shape index (κ3) is 7.90. The smallest absolute Gasteiger partial charge is 0.260 e. The predicted molar refractivity (Wildman–Crippen MR) is 190 cm³/mol. The number of aromatic nitrogens is 1. The molecule has 0 saturated carbocycles. The Balaban J connectivity index is 1.33. The summed E-state index contributed by atoms with van der Waals surface area (Å²) in [4.78, 5) is 26.1. The van der Waals surface area contributed by atoms with Crippen molar-refractivity contribution in [1.29, 1.82) is 5.26 Å². The number of rotatable bonds is 11. The Bertz CT molecular complexity index is 2180. The molecular formula is C38H30ClF2N5O4S. The van der Waals surface area contributed by atoms with Gasteiger partial charge in [-0.1, -0.05) is 59.8 Å². The van der Waals surface area contributed by atoms with Gasteiger partial charge in [-0.25, -0.2) is 9.37 Å². The highest BCUT2D eigenvalue weighted by atomic mass is 35.5. The van der Waals surface area contributed by atoms with Gasteiger partial charge in [-0.15, -0.1) is 0 Å². The van der Waals surface area contributed by atoms with Crippen LogP contribution in [0.3, 0.4) is 0 Å². The van der Waals surface area contributed by atoms with Crippen LogP contribution >= 0.6 is 23.4 Å². The van der Waals surface area contributed by atoms with Crippen LogP contribution in [0.4, 0.5) is 8.78 Å². The fraction of sp³-hybridized carbons (Fsp3) is 0.158. The van der Waals surface area contributed by atoms with Gasteiger partial charge in [-0.2, -0.15) is 9.65 Å². The quantitative estimate of drug-likeness (QED) is 0.134. The first kappa shape index (κ1) is 35.2. The number of halogens is 3. The van der Waals surface area contributed by atoms with Crippen LogP contribution in [-0.2, 0) is 6.61 Å². The number of aliphatic imine (C=N–C) groups is 1. The number of carbonyl (C=O) groups excluding carboxylic acids is 1. The highest BCUT2D eigenvalue weighted by molar-refractivity contribution is 7.99. The third-order valence-electron chi connectivity index (χ3n) is 7.70. The normalized spacial score (nSPS) is 12.3. The molecule has 1 amide bonds. The molecule has 4 aromatic carbocycles. The van der Waals surface area contributed by atoms with E-state index in [-0.39, 0.29) is 35.3 Å². The van der Waals surface area contributed by atoms with Crippen LogP contribution in [0.5, 0.6) is 28.9 Å². The van der Waals surface area contributed by atoms with E-state index in [9.17, 15) is 10.1 Å². The minimum absolute atomic E-state index is 0.00563. The molecule has 0 aliphatic carbocycles. The molecule has 5 aromatic rings. The molecule has 0 atom stereocenters. The van der Waals surface area contributed by atoms with E-state index in [1.54, 1.807) is 50.5 Å². The molecule has 0 unspecified atom stereocenters. The maximum absolute atomic E-state index is 16.1. The van der Waals surface area contributed by atoms with Crippen molar-refractivity contribution in [3.8, 4) is 34.9 Å². The number of nitrogens with zero attached hydrogens (tertiary/aromatic N) is 5. The minimum atomic E-state index is -1.21. The van der Waals surface area contributed by atoms with Crippen molar-refractivity contribution in [3.63, 3.8) is 0 Å². The monoisotopic (exact) mass is 725 g/mol. The SMILES string of the molecule is CN(C)C(=O)c1c(Cl)cccc1Sc1ccc(Oc2c(F)cnc(Oc3cc(C#N)ccc3OCc3ccccc3)c2F)c(C2=NCCN2C)c1. The molecule has 258 valence electrons. The molecule has 0 saturated heterocycles. The van der Waals surface area contributed by atoms with Gasteiger partial charge in [0.25, 0.3) is 11.8 Å². The first-order valence-corrected chi connectivity index (χ1v) is 16.8. The molecule has 0 N–H and O–H groups in total. The van der Waals surface area contributed by atoms with E-state index in [4.69, 9.17) is 25.8 Å². The Hall–Kier alpha value is -5.64. The topological polar surface area (TPSA) is 100 Å². The number of likely N-dealkylation sites (N-methyl/N-ethyl adjacent to an activating group) is 1. The van der Waals surface area contributed by atoms with E-state index in [2.05, 4.69) is 9.98 Å². The van der Waals surface area contributed by atoms with E-state index in [0.29, 0.717) is 44.9 Å². The molecule has 9 nitrogen and oxygen atoms in total. The second-order valence-electron chi connectivity index (χ2n) is 11.5. The van der Waals surface area contributed by atoms with Crippen LogP contribution in [0.15, 0.2) is 106 Å². The fourth-order valence-electron chi connectivity index (χ4n) is 5.13. The van der Waals surface area contributed by atoms with Gasteiger partial charge < -0.3 is 24.0 Å². The van der Waals surface area contributed by atoms with Gasteiger partial charge in [0.1, 0.15) is 18.2 Å². The summed E-state index contributed by atoms with van der Waals surface area (Å²) in [5.41, 5.74) is 1.94. The van der Waals surface area contributed by atoms with Gasteiger partial charge >= 0.3 is 0 Å². The number of hydrogen-bond donors (Lipinski definition) is 0. The number of amidine groups is 1. The highest BCUT2D eigenvalue weighted by Crippen LogP contribution is 2.41. The molecule has 1 aliphatic heterocycles. The standard InChI is InChI=1S/C38H30ClF2N5O4S/c1-45(2)38(47)33-27(39)10-7-11-32(33)51-25-13-15-29(26(19-25)36-43-16-17-46(36)3)49-35-28(40)21-44-37(34(35)41)50-31-18-24(20-42)12-14-30(31)48-22-23-8-5-4-6-9-23/h4-15,18-19,21H,16-17,22H2,1-3H3. The first-order chi connectivity index (χ1) is 24.6. The zero-order chi connectivity index (χ0) is 36.1. The number of benzene rings is 4. The lowest BCUT2D eigenvalue weighted by Gasteiger charge is -2.19. The summed E-state index contributed by atoms with van der Waals surface area (Å²) in [5.74, 6) is -2.96. The lowest BCUT2D eigenvalue weighted by Crippen LogP contribution is -2.24. The van der Waals surface area contributed by atoms with Crippen molar-refractivity contribution in [3.05, 3.63) is 130 Å². The molecule has 1 aromatic heterocycles. The Morgan fingerprint density at radius 2 is 1.78 bits per heavy atom. The van der Waals surface area contributed by atoms with E-state index >= 15 is 8.78 Å². The molecular weight excluding hydrogens is 696 g/mol. The third-order valence-corrected chi connectivity index (χ3v) is 9.07. The first-order valence-electron chi connectivity index (χ1n) is 15.6. The van der Waals surface area contributed by atoms with Crippen LogP contribution in [0.1, 0.15) is 27.0 Å². The zero-order valence-electron chi connectivity index (χ0n) is 27.7. The maximum atomic E-state index is 16.1. The average Bonchev–Trinajstić information content (AvgIpc) is 3.56. The van der Waals surface area contributed by atoms with Gasteiger partial charge in [-0.05, 0) is 48.0 Å². The minimum Gasteiger partial charge on any atom is -0.485 e. The van der Waals surface area contributed by atoms with Crippen LogP contribution in [0.2, 0.25) is 5.02 Å². The maximum Gasteiger partial charge on any atom is 0.260 e. The Labute approximate surface area is 302 Å². The van der Waals surface area contributed by atoms with Gasteiger partial charge in [0.2, 0.25) is 11.6 Å². The van der Waals surface area contributed by atoms with Crippen LogP contribution < -0.4 is 14.2 Å². The number of amides is 1. The van der Waals surface area contributed by atoms with Crippen molar-refractivity contribution in [2.24, 2.45) is 4.99 Å². The number of carbonyl (C=O) groups is 1. The summed E-state index contributed by atoms with van der Waals surface area (Å²) in [6.07, 6.45) is 0.790. The van der Waals surface area contributed by atoms with E-state index in [1.165, 1.54) is 34.9 Å². The van der Waals surface area contributed by atoms with Crippen molar-refractivity contribution >= 4 is 35.1 Å². The van der Waals surface area contributed by atoms with Crippen molar-refractivity contribution in [2.45, 2.75) is 16.4 Å². The largest absolute Gasteiger partial charge is 0.485 e. The van der Waals surface area contributed by atoms with Gasteiger partial charge in [0.15, 0.2) is 17.3 Å². The molecule has 6 rings (SSSR count). The molecule has 0 bridgehead atoms. The summed E-state index contributed by atoms with van der Waals surface area (Å²) in [5, 5.41) is 9.81. The lowest BCUT2D eigenvalue weighted by molar-refractivity contribution is 0.0824. The summed E-state index contributed by atoms with van der Waals surface area (Å²) in [6, 6.07) is 26.1. The summed E-state index contributed by atoms with van der Waals surface area (Å²) >= 11 is 7.75. The van der Waals surface area contributed by atoms with Crippen LogP contribution in [0.25, 0.3) is 0 Å². The fourth-order valence-corrected chi connectivity index (χ4v) is 6.45. The summed E-state index contributed by atoms with van der Waals surface area (Å²) in [6.45, 7) is 1.33. The number of nitriles is 1. The Kier molecular flexibility index (Phi) is 10.7. The Morgan fingerprint density at radius 3 is 2.51 bits per heavy atom.